The molecule has 262 valence electrons. The second-order valence-corrected chi connectivity index (χ2v) is 40.7. The lowest BCUT2D eigenvalue weighted by Crippen LogP contribution is -3.07. The maximum atomic E-state index is 15.2. The summed E-state index contributed by atoms with van der Waals surface area (Å²) in [5.74, 6) is 0. The molecule has 54 heavy (non-hydrogen) atoms. The Balaban J connectivity index is 1.78. The van der Waals surface area contributed by atoms with Crippen molar-refractivity contribution in [3.63, 3.8) is 0 Å². The summed E-state index contributed by atoms with van der Waals surface area (Å²) in [5.41, 5.74) is 0. The van der Waals surface area contributed by atoms with Crippen LogP contribution in [0.3, 0.4) is 0 Å². The molecule has 0 saturated carbocycles. The minimum Gasteiger partial charge on any atom is -0.426 e. The van der Waals surface area contributed by atoms with Crippen molar-refractivity contribution in [2.24, 2.45) is 0 Å². The van der Waals surface area contributed by atoms with Gasteiger partial charge in [-0.1, -0.05) is 263 Å². The van der Waals surface area contributed by atoms with E-state index in [4.69, 9.17) is 0 Å². The Morgan fingerprint density at radius 1 is 0.185 bits per heavy atom. The smallest absolute Gasteiger partial charge is 0.245 e. The zero-order valence-electron chi connectivity index (χ0n) is 30.0. The summed E-state index contributed by atoms with van der Waals surface area (Å²) in [6.45, 7) is 0. The van der Waals surface area contributed by atoms with Crippen molar-refractivity contribution in [2.45, 2.75) is 0 Å². The van der Waals surface area contributed by atoms with Crippen molar-refractivity contribution in [3.05, 3.63) is 243 Å². The standard InChI is InChI=1S/C48H42O2Si4/c49-51(41-25-9-1-10-26-41,42-27-11-2-12-28-42)53(45-33-17-5-18-34-45,46-35-19-6-20-36-46)54(47-37-21-7-22-38-47,48-39-23-8-24-40-48)52(50,43-29-13-3-14-30-43)44-31-15-4-16-32-44/h1-40,49-50H. The zero-order valence-corrected chi connectivity index (χ0v) is 34.0. The molecule has 0 unspecified atom stereocenters. The third-order valence-electron chi connectivity index (χ3n) is 11.2. The highest BCUT2D eigenvalue weighted by Crippen LogP contribution is 2.34. The minimum atomic E-state index is -4.06. The van der Waals surface area contributed by atoms with Crippen LogP contribution in [0.15, 0.2) is 243 Å². The minimum absolute atomic E-state index is 0.941. The van der Waals surface area contributed by atoms with E-state index in [1.807, 2.05) is 24.3 Å². The molecule has 0 radical (unpaired) electrons. The summed E-state index contributed by atoms with van der Waals surface area (Å²) in [7, 11) is -15.9. The van der Waals surface area contributed by atoms with E-state index in [1.54, 1.807) is 0 Å². The fourth-order valence-electron chi connectivity index (χ4n) is 9.25. The monoisotopic (exact) mass is 762 g/mol. The van der Waals surface area contributed by atoms with Crippen LogP contribution in [0, 0.1) is 0 Å². The molecular formula is C48H42O2Si4. The van der Waals surface area contributed by atoms with Gasteiger partial charge in [-0.25, -0.2) is 0 Å². The van der Waals surface area contributed by atoms with Gasteiger partial charge in [0.15, 0.2) is 14.2 Å². The summed E-state index contributed by atoms with van der Waals surface area (Å²) in [6, 6.07) is 85.3. The van der Waals surface area contributed by atoms with Gasteiger partial charge in [0, 0.05) is 0 Å². The highest BCUT2D eigenvalue weighted by Gasteiger charge is 2.79. The lowest BCUT2D eigenvalue weighted by Gasteiger charge is -2.60. The molecule has 8 rings (SSSR count). The molecule has 0 saturated heterocycles. The average Bonchev–Trinajstić information content (AvgIpc) is 3.27. The summed E-state index contributed by atoms with van der Waals surface area (Å²) < 4.78 is 0. The molecule has 2 N–H and O–H groups in total. The van der Waals surface area contributed by atoms with Gasteiger partial charge in [0.1, 0.15) is 0 Å². The first kappa shape index (κ1) is 35.6. The Kier molecular flexibility index (Phi) is 9.96. The summed E-state index contributed by atoms with van der Waals surface area (Å²) in [5, 5.41) is 8.25. The van der Waals surface area contributed by atoms with Gasteiger partial charge in [0.25, 0.3) is 0 Å². The van der Waals surface area contributed by atoms with E-state index in [1.165, 1.54) is 0 Å². The molecule has 0 amide bonds. The molecule has 0 aliphatic heterocycles. The second-order valence-electron chi connectivity index (χ2n) is 13.8. The van der Waals surface area contributed by atoms with Crippen LogP contribution in [-0.4, -0.2) is 39.5 Å². The maximum absolute atomic E-state index is 15.2. The summed E-state index contributed by atoms with van der Waals surface area (Å²) in [6.07, 6.45) is 0. The Bertz CT molecular complexity index is 2050. The molecule has 0 aliphatic rings. The topological polar surface area (TPSA) is 40.5 Å². The van der Waals surface area contributed by atoms with Crippen LogP contribution in [0.2, 0.25) is 0 Å². The van der Waals surface area contributed by atoms with Crippen LogP contribution >= 0.6 is 0 Å². The van der Waals surface area contributed by atoms with E-state index in [-0.39, 0.29) is 0 Å². The van der Waals surface area contributed by atoms with Gasteiger partial charge in [-0.05, 0) is 20.7 Å². The van der Waals surface area contributed by atoms with Crippen LogP contribution in [0.5, 0.6) is 0 Å². The van der Waals surface area contributed by atoms with E-state index < -0.39 is 29.9 Å². The Morgan fingerprint density at radius 3 is 0.463 bits per heavy atom. The molecule has 0 fully saturated rings. The Hall–Kier alpha value is -5.45. The number of hydrogen-bond acceptors (Lipinski definition) is 2. The lowest BCUT2D eigenvalue weighted by atomic mass is 10.4. The van der Waals surface area contributed by atoms with E-state index >= 15 is 9.59 Å². The van der Waals surface area contributed by atoms with Gasteiger partial charge in [-0.2, -0.15) is 0 Å². The maximum Gasteiger partial charge on any atom is 0.245 e. The molecular weight excluding hydrogens is 721 g/mol. The van der Waals surface area contributed by atoms with Crippen molar-refractivity contribution in [1.82, 2.24) is 0 Å². The van der Waals surface area contributed by atoms with E-state index in [0.717, 1.165) is 41.5 Å². The first-order valence-electron chi connectivity index (χ1n) is 18.5. The van der Waals surface area contributed by atoms with Crippen molar-refractivity contribution in [1.29, 1.82) is 0 Å². The van der Waals surface area contributed by atoms with Gasteiger partial charge < -0.3 is 9.59 Å². The molecule has 8 aromatic rings. The fourth-order valence-corrected chi connectivity index (χ4v) is 76.9. The molecule has 0 heterocycles. The van der Waals surface area contributed by atoms with Crippen LogP contribution in [-0.2, 0) is 0 Å². The molecule has 8 aromatic carbocycles. The molecule has 6 heteroatoms. The molecule has 0 aliphatic carbocycles. The lowest BCUT2D eigenvalue weighted by molar-refractivity contribution is 0.585. The number of benzene rings is 8. The average molecular weight is 763 g/mol. The largest absolute Gasteiger partial charge is 0.426 e. The Morgan fingerprint density at radius 2 is 0.315 bits per heavy atom. The van der Waals surface area contributed by atoms with Gasteiger partial charge in [0.2, 0.25) is 15.7 Å². The molecule has 0 aromatic heterocycles. The molecule has 0 spiro atoms. The third-order valence-corrected chi connectivity index (χ3v) is 59.8. The summed E-state index contributed by atoms with van der Waals surface area (Å²) in [4.78, 5) is 30.5. The van der Waals surface area contributed by atoms with Gasteiger partial charge in [0.05, 0.1) is 0 Å². The normalized spacial score (nSPS) is 12.3. The number of hydrogen-bond donors (Lipinski definition) is 2. The molecule has 0 bridgehead atoms. The molecule has 0 atom stereocenters. The molecule has 2 nitrogen and oxygen atoms in total. The highest BCUT2D eigenvalue weighted by molar-refractivity contribution is 7.97. The van der Waals surface area contributed by atoms with Gasteiger partial charge in [-0.15, -0.1) is 0 Å². The van der Waals surface area contributed by atoms with E-state index in [2.05, 4.69) is 218 Å². The fraction of sp³-hybridized carbons (Fsp3) is 0. The number of rotatable bonds is 11. The predicted molar refractivity (Wildman–Crippen MR) is 236 cm³/mol. The first-order valence-corrected chi connectivity index (χ1v) is 29.4. The zero-order chi connectivity index (χ0) is 36.9. The second kappa shape index (κ2) is 15.1. The van der Waals surface area contributed by atoms with Crippen molar-refractivity contribution in [3.8, 4) is 0 Å². The van der Waals surface area contributed by atoms with Crippen LogP contribution < -0.4 is 41.5 Å². The van der Waals surface area contributed by atoms with E-state index in [0.29, 0.717) is 0 Å². The Labute approximate surface area is 322 Å². The van der Waals surface area contributed by atoms with Gasteiger partial charge in [-0.3, -0.25) is 0 Å². The van der Waals surface area contributed by atoms with Crippen LogP contribution in [0.4, 0.5) is 0 Å². The van der Waals surface area contributed by atoms with Crippen LogP contribution in [0.1, 0.15) is 0 Å². The first-order chi connectivity index (χ1) is 26.6. The van der Waals surface area contributed by atoms with Crippen molar-refractivity contribution >= 4 is 71.4 Å². The SMILES string of the molecule is O[Si](c1ccccc1)(c1ccccc1)[Si](c1ccccc1)(c1ccccc1)[Si](c1ccccc1)(c1ccccc1)[Si](O)(c1ccccc1)c1ccccc1. The van der Waals surface area contributed by atoms with Crippen molar-refractivity contribution in [2.75, 3.05) is 0 Å². The van der Waals surface area contributed by atoms with E-state index in [9.17, 15) is 0 Å². The quantitative estimate of drug-likeness (QED) is 0.194. The van der Waals surface area contributed by atoms with Crippen LogP contribution in [0.25, 0.3) is 0 Å². The van der Waals surface area contributed by atoms with Crippen molar-refractivity contribution < 1.29 is 9.59 Å². The van der Waals surface area contributed by atoms with Gasteiger partial charge >= 0.3 is 0 Å². The predicted octanol–water partition coefficient (Wildman–Crippen LogP) is 4.25. The highest BCUT2D eigenvalue weighted by atomic mass is 29.8. The third kappa shape index (κ3) is 5.41. The summed E-state index contributed by atoms with van der Waals surface area (Å²) >= 11 is 0.